The van der Waals surface area contributed by atoms with Crippen LogP contribution in [0.2, 0.25) is 0 Å². The van der Waals surface area contributed by atoms with E-state index in [9.17, 15) is 0 Å². The van der Waals surface area contributed by atoms with Gasteiger partial charge in [0, 0.05) is 12.2 Å². The van der Waals surface area contributed by atoms with Gasteiger partial charge in [0.1, 0.15) is 5.75 Å². The Bertz CT molecular complexity index is 216. The third kappa shape index (κ3) is 3.69. The lowest BCUT2D eigenvalue weighted by Crippen LogP contribution is -1.99. The van der Waals surface area contributed by atoms with Gasteiger partial charge in [-0.2, -0.15) is 0 Å². The molecule has 0 atom stereocenters. The molecule has 2 heteroatoms. The van der Waals surface area contributed by atoms with Gasteiger partial charge in [0.05, 0.1) is 6.61 Å². The van der Waals surface area contributed by atoms with Gasteiger partial charge in [0.15, 0.2) is 0 Å². The molecule has 0 aliphatic carbocycles. The van der Waals surface area contributed by atoms with E-state index in [1.165, 1.54) is 0 Å². The van der Waals surface area contributed by atoms with Crippen LogP contribution in [0.3, 0.4) is 0 Å². The zero-order valence-electron chi connectivity index (χ0n) is 9.05. The molecule has 0 aromatic heterocycles. The normalized spacial score (nSPS) is 9.86. The Hall–Kier alpha value is -1.18. The van der Waals surface area contributed by atoms with Crippen LogP contribution in [0.25, 0.3) is 0 Å². The van der Waals surface area contributed by atoms with Crippen molar-refractivity contribution in [3.63, 3.8) is 0 Å². The van der Waals surface area contributed by atoms with E-state index in [1.807, 2.05) is 12.1 Å². The van der Waals surface area contributed by atoms with Crippen molar-refractivity contribution in [3.8, 4) is 5.75 Å². The molecular weight excluding hydrogens is 174 g/mol. The fourth-order valence-corrected chi connectivity index (χ4v) is 1.16. The van der Waals surface area contributed by atoms with Crippen molar-refractivity contribution >= 4 is 5.69 Å². The summed E-state index contributed by atoms with van der Waals surface area (Å²) in [5.74, 6) is 0.953. The molecule has 0 bridgehead atoms. The van der Waals surface area contributed by atoms with Gasteiger partial charge in [0.25, 0.3) is 0 Å². The number of hydrogen-bond acceptors (Lipinski definition) is 2. The van der Waals surface area contributed by atoms with E-state index in [4.69, 9.17) is 4.74 Å². The molecule has 78 valence electrons. The lowest BCUT2D eigenvalue weighted by atomic mass is 10.3. The Balaban J connectivity index is 2.42. The highest BCUT2D eigenvalue weighted by Gasteiger charge is 1.93. The van der Waals surface area contributed by atoms with Crippen LogP contribution in [-0.4, -0.2) is 13.2 Å². The minimum atomic E-state index is 0.793. The number of benzene rings is 1. The van der Waals surface area contributed by atoms with Crippen molar-refractivity contribution in [2.24, 2.45) is 0 Å². The van der Waals surface area contributed by atoms with E-state index in [2.05, 4.69) is 31.3 Å². The summed E-state index contributed by atoms with van der Waals surface area (Å²) in [5, 5.41) is 3.32. The highest BCUT2D eigenvalue weighted by atomic mass is 16.5. The van der Waals surface area contributed by atoms with E-state index >= 15 is 0 Å². The first-order valence-corrected chi connectivity index (χ1v) is 5.33. The molecule has 1 aromatic rings. The molecule has 1 rings (SSSR count). The van der Waals surface area contributed by atoms with Gasteiger partial charge < -0.3 is 10.1 Å². The Labute approximate surface area is 86.3 Å². The summed E-state index contributed by atoms with van der Waals surface area (Å²) in [5.41, 5.74) is 1.16. The van der Waals surface area contributed by atoms with E-state index < -0.39 is 0 Å². The van der Waals surface area contributed by atoms with Gasteiger partial charge in [-0.25, -0.2) is 0 Å². The molecule has 0 unspecified atom stereocenters. The summed E-state index contributed by atoms with van der Waals surface area (Å²) < 4.78 is 5.49. The molecule has 0 saturated heterocycles. The fraction of sp³-hybridized carbons (Fsp3) is 0.500. The number of nitrogens with one attached hydrogen (secondary N) is 1. The quantitative estimate of drug-likeness (QED) is 0.748. The minimum Gasteiger partial charge on any atom is -0.494 e. The predicted molar refractivity (Wildman–Crippen MR) is 61.0 cm³/mol. The summed E-state index contributed by atoms with van der Waals surface area (Å²) in [7, 11) is 0. The number of rotatable bonds is 6. The lowest BCUT2D eigenvalue weighted by molar-refractivity contribution is 0.317. The third-order valence-corrected chi connectivity index (χ3v) is 1.91. The molecule has 1 N–H and O–H groups in total. The number of hydrogen-bond donors (Lipinski definition) is 1. The minimum absolute atomic E-state index is 0.793. The Kier molecular flexibility index (Phi) is 4.90. The van der Waals surface area contributed by atoms with Crippen molar-refractivity contribution in [1.82, 2.24) is 0 Å². The maximum absolute atomic E-state index is 5.49. The van der Waals surface area contributed by atoms with Crippen molar-refractivity contribution < 1.29 is 4.74 Å². The molecule has 0 spiro atoms. The molecule has 1 aromatic carbocycles. The van der Waals surface area contributed by atoms with Gasteiger partial charge in [0.2, 0.25) is 0 Å². The second kappa shape index (κ2) is 6.30. The average Bonchev–Trinajstić information content (AvgIpc) is 2.25. The molecule has 0 aliphatic heterocycles. The molecular formula is C12H19NO. The first-order valence-electron chi connectivity index (χ1n) is 5.33. The first-order chi connectivity index (χ1) is 6.86. The molecule has 0 aliphatic rings. The summed E-state index contributed by atoms with van der Waals surface area (Å²) in [6.07, 6.45) is 2.20. The fourth-order valence-electron chi connectivity index (χ4n) is 1.16. The predicted octanol–water partition coefficient (Wildman–Crippen LogP) is 3.30. The molecule has 0 heterocycles. The third-order valence-electron chi connectivity index (χ3n) is 1.91. The molecule has 0 amide bonds. The van der Waals surface area contributed by atoms with Gasteiger partial charge >= 0.3 is 0 Å². The highest BCUT2D eigenvalue weighted by molar-refractivity contribution is 5.46. The molecule has 0 fully saturated rings. The first kappa shape index (κ1) is 10.9. The Morgan fingerprint density at radius 2 is 1.79 bits per heavy atom. The van der Waals surface area contributed by atoms with E-state index in [0.717, 1.165) is 37.4 Å². The summed E-state index contributed by atoms with van der Waals surface area (Å²) >= 11 is 0. The van der Waals surface area contributed by atoms with Crippen molar-refractivity contribution in [1.29, 1.82) is 0 Å². The second-order valence-electron chi connectivity index (χ2n) is 3.30. The van der Waals surface area contributed by atoms with Crippen LogP contribution in [-0.2, 0) is 0 Å². The number of anilines is 1. The van der Waals surface area contributed by atoms with Gasteiger partial charge in [-0.05, 0) is 37.1 Å². The highest BCUT2D eigenvalue weighted by Crippen LogP contribution is 2.15. The molecule has 0 saturated carbocycles. The van der Waals surface area contributed by atoms with Crippen LogP contribution in [0.1, 0.15) is 26.7 Å². The van der Waals surface area contributed by atoms with Crippen LogP contribution in [0, 0.1) is 0 Å². The Morgan fingerprint density at radius 3 is 2.36 bits per heavy atom. The molecule has 0 radical (unpaired) electrons. The molecule has 2 nitrogen and oxygen atoms in total. The Morgan fingerprint density at radius 1 is 1.07 bits per heavy atom. The largest absolute Gasteiger partial charge is 0.494 e. The molecule has 14 heavy (non-hydrogen) atoms. The maximum Gasteiger partial charge on any atom is 0.119 e. The average molecular weight is 193 g/mol. The maximum atomic E-state index is 5.49. The zero-order chi connectivity index (χ0) is 10.2. The van der Waals surface area contributed by atoms with Crippen LogP contribution in [0.4, 0.5) is 5.69 Å². The second-order valence-corrected chi connectivity index (χ2v) is 3.30. The number of ether oxygens (including phenoxy) is 1. The smallest absolute Gasteiger partial charge is 0.119 e. The van der Waals surface area contributed by atoms with Crippen molar-refractivity contribution in [2.45, 2.75) is 26.7 Å². The van der Waals surface area contributed by atoms with Gasteiger partial charge in [-0.1, -0.05) is 13.8 Å². The topological polar surface area (TPSA) is 21.3 Å². The van der Waals surface area contributed by atoms with Gasteiger partial charge in [-0.15, -0.1) is 0 Å². The summed E-state index contributed by atoms with van der Waals surface area (Å²) in [6.45, 7) is 6.08. The van der Waals surface area contributed by atoms with E-state index in [-0.39, 0.29) is 0 Å². The summed E-state index contributed by atoms with van der Waals surface area (Å²) in [4.78, 5) is 0. The van der Waals surface area contributed by atoms with Crippen LogP contribution in [0.5, 0.6) is 5.75 Å². The van der Waals surface area contributed by atoms with Crippen molar-refractivity contribution in [3.05, 3.63) is 24.3 Å². The van der Waals surface area contributed by atoms with Gasteiger partial charge in [-0.3, -0.25) is 0 Å². The lowest BCUT2D eigenvalue weighted by Gasteiger charge is -2.07. The zero-order valence-corrected chi connectivity index (χ0v) is 9.05. The standard InChI is InChI=1S/C12H19NO/c1-3-9-13-11-5-7-12(8-6-11)14-10-4-2/h5-8,13H,3-4,9-10H2,1-2H3. The monoisotopic (exact) mass is 193 g/mol. The summed E-state index contributed by atoms with van der Waals surface area (Å²) in [6, 6.07) is 8.13. The van der Waals surface area contributed by atoms with E-state index in [1.54, 1.807) is 0 Å². The van der Waals surface area contributed by atoms with Crippen LogP contribution < -0.4 is 10.1 Å². The van der Waals surface area contributed by atoms with Crippen molar-refractivity contribution in [2.75, 3.05) is 18.5 Å². The van der Waals surface area contributed by atoms with E-state index in [0.29, 0.717) is 0 Å². The SMILES string of the molecule is CCCNc1ccc(OCCC)cc1. The van der Waals surface area contributed by atoms with Crippen LogP contribution in [0.15, 0.2) is 24.3 Å². The van der Waals surface area contributed by atoms with Crippen LogP contribution >= 0.6 is 0 Å².